The molecule has 0 saturated carbocycles. The highest BCUT2D eigenvalue weighted by Crippen LogP contribution is 2.38. The maximum Gasteiger partial charge on any atom is 0.284 e. The molecule has 2 aromatic rings. The van der Waals surface area contributed by atoms with Gasteiger partial charge in [0.15, 0.2) is 5.17 Å². The Kier molecular flexibility index (Phi) is 5.10. The first-order valence-electron chi connectivity index (χ1n) is 9.05. The lowest BCUT2D eigenvalue weighted by atomic mass is 10.1. The van der Waals surface area contributed by atoms with Gasteiger partial charge in [-0.2, -0.15) is 8.42 Å². The summed E-state index contributed by atoms with van der Waals surface area (Å²) in [4.78, 5) is 2.35. The van der Waals surface area contributed by atoms with Gasteiger partial charge in [0, 0.05) is 18.3 Å². The molecule has 0 aromatic heterocycles. The summed E-state index contributed by atoms with van der Waals surface area (Å²) in [6.07, 6.45) is 5.42. The molecule has 0 amide bonds. The van der Waals surface area contributed by atoms with Gasteiger partial charge in [0.25, 0.3) is 10.0 Å². The van der Waals surface area contributed by atoms with Gasteiger partial charge in [0.1, 0.15) is 0 Å². The molecular formula is C21H22N2O2S2. The SMILES string of the molecule is Cc1ccc(S(=O)(=O)/N=C2\S[C@H]3C=CC[C@H]3CN2Cc2ccccc2)cc1. The van der Waals surface area contributed by atoms with E-state index >= 15 is 0 Å². The van der Waals surface area contributed by atoms with Crippen molar-refractivity contribution in [3.63, 3.8) is 0 Å². The second-order valence-electron chi connectivity index (χ2n) is 7.03. The first-order chi connectivity index (χ1) is 13.0. The van der Waals surface area contributed by atoms with E-state index in [-0.39, 0.29) is 4.90 Å². The van der Waals surface area contributed by atoms with Crippen molar-refractivity contribution in [3.8, 4) is 0 Å². The molecule has 0 spiro atoms. The fourth-order valence-corrected chi connectivity index (χ4v) is 5.92. The summed E-state index contributed by atoms with van der Waals surface area (Å²) in [5.41, 5.74) is 2.18. The third kappa shape index (κ3) is 4.12. The number of hydrogen-bond donors (Lipinski definition) is 0. The van der Waals surface area contributed by atoms with E-state index in [1.165, 1.54) is 0 Å². The van der Waals surface area contributed by atoms with E-state index in [2.05, 4.69) is 33.6 Å². The maximum absolute atomic E-state index is 12.9. The Morgan fingerprint density at radius 1 is 1.11 bits per heavy atom. The van der Waals surface area contributed by atoms with Crippen molar-refractivity contribution in [3.05, 3.63) is 77.9 Å². The van der Waals surface area contributed by atoms with E-state index in [0.29, 0.717) is 22.9 Å². The van der Waals surface area contributed by atoms with Crippen molar-refractivity contribution in [2.24, 2.45) is 10.3 Å². The minimum absolute atomic E-state index is 0.241. The van der Waals surface area contributed by atoms with Crippen LogP contribution >= 0.6 is 11.8 Å². The number of allylic oxidation sites excluding steroid dienone is 1. The molecular weight excluding hydrogens is 376 g/mol. The molecule has 1 aliphatic heterocycles. The molecule has 0 unspecified atom stereocenters. The molecule has 6 heteroatoms. The fourth-order valence-electron chi connectivity index (χ4n) is 3.43. The highest BCUT2D eigenvalue weighted by molar-refractivity contribution is 8.15. The fraction of sp³-hybridized carbons (Fsp3) is 0.286. The van der Waals surface area contributed by atoms with Crippen LogP contribution in [0.4, 0.5) is 0 Å². The molecule has 1 saturated heterocycles. The van der Waals surface area contributed by atoms with Crippen LogP contribution in [0.1, 0.15) is 17.5 Å². The molecule has 4 rings (SSSR count). The van der Waals surface area contributed by atoms with Crippen molar-refractivity contribution in [2.45, 2.75) is 30.0 Å². The smallest absolute Gasteiger partial charge is 0.284 e. The second-order valence-corrected chi connectivity index (χ2v) is 9.78. The van der Waals surface area contributed by atoms with Gasteiger partial charge in [-0.05, 0) is 37.0 Å². The van der Waals surface area contributed by atoms with Gasteiger partial charge in [-0.3, -0.25) is 0 Å². The number of thioether (sulfide) groups is 1. The topological polar surface area (TPSA) is 49.7 Å². The molecule has 4 nitrogen and oxygen atoms in total. The number of rotatable bonds is 4. The van der Waals surface area contributed by atoms with Crippen LogP contribution in [-0.2, 0) is 16.6 Å². The zero-order valence-electron chi connectivity index (χ0n) is 15.2. The Labute approximate surface area is 165 Å². The molecule has 2 atom stereocenters. The van der Waals surface area contributed by atoms with Crippen LogP contribution in [-0.4, -0.2) is 30.3 Å². The normalized spacial score (nSPS) is 23.6. The lowest BCUT2D eigenvalue weighted by molar-refractivity contribution is 0.342. The van der Waals surface area contributed by atoms with Gasteiger partial charge < -0.3 is 4.90 Å². The number of sulfonamides is 1. The van der Waals surface area contributed by atoms with Crippen LogP contribution in [0.2, 0.25) is 0 Å². The average molecular weight is 399 g/mol. The molecule has 1 aliphatic carbocycles. The standard InChI is InChI=1S/C21H22N2O2S2/c1-16-10-12-19(13-11-16)27(24,25)22-21-23(14-17-6-3-2-4-7-17)15-18-8-5-9-20(18)26-21/h2-7,9-13,18,20H,8,14-15H2,1H3/b22-21-/t18-,20-/m0/s1. The van der Waals surface area contributed by atoms with Crippen molar-refractivity contribution in [1.82, 2.24) is 4.90 Å². The minimum atomic E-state index is -3.73. The molecule has 1 heterocycles. The Morgan fingerprint density at radius 3 is 2.59 bits per heavy atom. The summed E-state index contributed by atoms with van der Waals surface area (Å²) in [7, 11) is -3.73. The Bertz CT molecular complexity index is 967. The number of fused-ring (bicyclic) bond motifs is 1. The van der Waals surface area contributed by atoms with E-state index in [4.69, 9.17) is 0 Å². The highest BCUT2D eigenvalue weighted by Gasteiger charge is 2.35. The van der Waals surface area contributed by atoms with Gasteiger partial charge in [0.05, 0.1) is 4.90 Å². The van der Waals surface area contributed by atoms with Crippen LogP contribution in [0.25, 0.3) is 0 Å². The number of nitrogens with zero attached hydrogens (tertiary/aromatic N) is 2. The molecule has 2 aromatic carbocycles. The van der Waals surface area contributed by atoms with Crippen molar-refractivity contribution in [1.29, 1.82) is 0 Å². The summed E-state index contributed by atoms with van der Waals surface area (Å²) < 4.78 is 30.0. The Balaban J connectivity index is 1.66. The van der Waals surface area contributed by atoms with Gasteiger partial charge in [-0.25, -0.2) is 0 Å². The zero-order valence-corrected chi connectivity index (χ0v) is 16.8. The van der Waals surface area contributed by atoms with Gasteiger partial charge >= 0.3 is 0 Å². The van der Waals surface area contributed by atoms with Crippen LogP contribution in [0.5, 0.6) is 0 Å². The van der Waals surface area contributed by atoms with Crippen molar-refractivity contribution < 1.29 is 8.42 Å². The predicted molar refractivity (Wildman–Crippen MR) is 111 cm³/mol. The Morgan fingerprint density at radius 2 is 1.85 bits per heavy atom. The monoisotopic (exact) mass is 398 g/mol. The molecule has 1 fully saturated rings. The van der Waals surface area contributed by atoms with E-state index in [9.17, 15) is 8.42 Å². The minimum Gasteiger partial charge on any atom is -0.346 e. The van der Waals surface area contributed by atoms with E-state index in [0.717, 1.165) is 24.1 Å². The number of aryl methyl sites for hydroxylation is 1. The molecule has 0 bridgehead atoms. The second kappa shape index (κ2) is 7.52. The molecule has 27 heavy (non-hydrogen) atoms. The summed E-state index contributed by atoms with van der Waals surface area (Å²) in [6.45, 7) is 3.43. The lowest BCUT2D eigenvalue weighted by Gasteiger charge is -2.36. The average Bonchev–Trinajstić information content (AvgIpc) is 3.10. The highest BCUT2D eigenvalue weighted by atomic mass is 32.2. The maximum atomic E-state index is 12.9. The quantitative estimate of drug-likeness (QED) is 0.723. The first kappa shape index (κ1) is 18.3. The largest absolute Gasteiger partial charge is 0.346 e. The van der Waals surface area contributed by atoms with Crippen molar-refractivity contribution in [2.75, 3.05) is 6.54 Å². The zero-order chi connectivity index (χ0) is 18.9. The first-order valence-corrected chi connectivity index (χ1v) is 11.4. The summed E-state index contributed by atoms with van der Waals surface area (Å²) in [5, 5.41) is 0.899. The number of hydrogen-bond acceptors (Lipinski definition) is 3. The van der Waals surface area contributed by atoms with Crippen LogP contribution in [0.15, 0.2) is 76.0 Å². The van der Waals surface area contributed by atoms with Gasteiger partial charge in [-0.15, -0.1) is 4.40 Å². The van der Waals surface area contributed by atoms with Crippen LogP contribution in [0.3, 0.4) is 0 Å². The van der Waals surface area contributed by atoms with E-state index in [1.807, 2.05) is 25.1 Å². The van der Waals surface area contributed by atoms with Crippen LogP contribution < -0.4 is 0 Å². The summed E-state index contributed by atoms with van der Waals surface area (Å²) in [5.74, 6) is 0.514. The molecule has 2 aliphatic rings. The van der Waals surface area contributed by atoms with E-state index < -0.39 is 10.0 Å². The Hall–Kier alpha value is -2.05. The molecule has 0 N–H and O–H groups in total. The van der Waals surface area contributed by atoms with Gasteiger partial charge in [-0.1, -0.05) is 71.9 Å². The predicted octanol–water partition coefficient (Wildman–Crippen LogP) is 4.23. The third-order valence-electron chi connectivity index (χ3n) is 4.93. The van der Waals surface area contributed by atoms with Crippen molar-refractivity contribution >= 4 is 27.0 Å². The summed E-state index contributed by atoms with van der Waals surface area (Å²) >= 11 is 1.56. The van der Waals surface area contributed by atoms with E-state index in [1.54, 1.807) is 36.0 Å². The third-order valence-corrected chi connectivity index (χ3v) is 7.70. The number of benzene rings is 2. The lowest BCUT2D eigenvalue weighted by Crippen LogP contribution is -2.41. The van der Waals surface area contributed by atoms with Gasteiger partial charge in [0.2, 0.25) is 0 Å². The molecule has 140 valence electrons. The number of amidine groups is 1. The summed E-state index contributed by atoms with van der Waals surface area (Å²) in [6, 6.07) is 17.0. The molecule has 0 radical (unpaired) electrons. The van der Waals surface area contributed by atoms with Crippen LogP contribution in [0, 0.1) is 12.8 Å².